The van der Waals surface area contributed by atoms with Crippen molar-refractivity contribution in [1.29, 1.82) is 0 Å². The molecule has 1 aliphatic carbocycles. The minimum absolute atomic E-state index is 0.0989. The number of ether oxygens (including phenoxy) is 4. The first-order valence-corrected chi connectivity index (χ1v) is 6.34. The number of rotatable bonds is 3. The Hall–Kier alpha value is -0.990. The van der Waals surface area contributed by atoms with Crippen LogP contribution < -0.4 is 0 Å². The molecule has 0 radical (unpaired) electrons. The van der Waals surface area contributed by atoms with E-state index >= 15 is 0 Å². The molecule has 2 aliphatic rings. The fraction of sp³-hybridized carbons (Fsp3) is 0.769. The fourth-order valence-corrected chi connectivity index (χ4v) is 2.56. The predicted molar refractivity (Wildman–Crippen MR) is 66.9 cm³/mol. The van der Waals surface area contributed by atoms with Crippen molar-refractivity contribution in [3.63, 3.8) is 0 Å². The molecule has 2 rings (SSSR count). The summed E-state index contributed by atoms with van der Waals surface area (Å²) in [6, 6.07) is 0. The van der Waals surface area contributed by atoms with Crippen LogP contribution in [0, 0.1) is 0 Å². The van der Waals surface area contributed by atoms with E-state index in [2.05, 4.69) is 0 Å². The van der Waals surface area contributed by atoms with Crippen molar-refractivity contribution in [2.45, 2.75) is 50.2 Å². The van der Waals surface area contributed by atoms with E-state index in [0.29, 0.717) is 0 Å². The van der Waals surface area contributed by atoms with Gasteiger partial charge in [-0.3, -0.25) is 0 Å². The smallest absolute Gasteiger partial charge is 0.331 e. The van der Waals surface area contributed by atoms with Crippen LogP contribution in [0.1, 0.15) is 20.3 Å². The van der Waals surface area contributed by atoms with E-state index in [0.717, 1.165) is 0 Å². The number of carbonyl (C=O) groups is 1. The zero-order valence-corrected chi connectivity index (χ0v) is 12.0. The molecule has 7 heteroatoms. The van der Waals surface area contributed by atoms with Crippen LogP contribution in [0.3, 0.4) is 0 Å². The summed E-state index contributed by atoms with van der Waals surface area (Å²) in [5.41, 5.74) is 0.0989. The van der Waals surface area contributed by atoms with E-state index in [1.165, 1.54) is 20.3 Å². The Kier molecular flexibility index (Phi) is 3.92. The van der Waals surface area contributed by atoms with E-state index in [-0.39, 0.29) is 12.0 Å². The zero-order valence-electron chi connectivity index (χ0n) is 12.0. The summed E-state index contributed by atoms with van der Waals surface area (Å²) in [4.78, 5) is 11.1. The van der Waals surface area contributed by atoms with Gasteiger partial charge in [-0.2, -0.15) is 0 Å². The average Bonchev–Trinajstić information content (AvgIpc) is 2.40. The number of carboxylic acids is 1. The molecule has 0 amide bonds. The van der Waals surface area contributed by atoms with Crippen LogP contribution in [0.2, 0.25) is 0 Å². The van der Waals surface area contributed by atoms with Crippen LogP contribution in [-0.2, 0) is 23.7 Å². The number of methoxy groups -OCH3 is 2. The highest BCUT2D eigenvalue weighted by molar-refractivity contribution is 5.87. The Bertz CT molecular complexity index is 434. The lowest BCUT2D eigenvalue weighted by Gasteiger charge is -2.53. The average molecular weight is 288 g/mol. The second-order valence-electron chi connectivity index (χ2n) is 5.23. The molecular formula is C13H20O7. The van der Waals surface area contributed by atoms with Crippen LogP contribution in [0.15, 0.2) is 11.6 Å². The molecule has 20 heavy (non-hydrogen) atoms. The quantitative estimate of drug-likeness (QED) is 0.769. The molecule has 0 spiro atoms. The van der Waals surface area contributed by atoms with E-state index in [1.807, 2.05) is 0 Å². The number of aliphatic hydroxyl groups is 1. The largest absolute Gasteiger partial charge is 0.478 e. The number of hydrogen-bond donors (Lipinski definition) is 2. The molecule has 1 fully saturated rings. The van der Waals surface area contributed by atoms with Gasteiger partial charge in [0.25, 0.3) is 0 Å². The van der Waals surface area contributed by atoms with Gasteiger partial charge in [0.2, 0.25) is 11.6 Å². The monoisotopic (exact) mass is 288 g/mol. The maximum Gasteiger partial charge on any atom is 0.331 e. The molecule has 0 aromatic carbocycles. The van der Waals surface area contributed by atoms with Crippen LogP contribution in [0.5, 0.6) is 0 Å². The number of aliphatic carboxylic acids is 1. The molecule has 114 valence electrons. The summed E-state index contributed by atoms with van der Waals surface area (Å²) < 4.78 is 22.3. The number of fused-ring (bicyclic) bond motifs is 1. The standard InChI is InChI=1S/C13H20O7/c1-12(17-3)13(2,18-4)20-10-8(14)5-7(11(15)16)6-9(10)19-12/h5,8-10,14H,6H2,1-4H3,(H,15,16)/t8-,9-,10-,12+,13+/m1/s1. The predicted octanol–water partition coefficient (Wildman–Crippen LogP) is 0.271. The molecule has 0 bridgehead atoms. The Morgan fingerprint density at radius 1 is 1.30 bits per heavy atom. The van der Waals surface area contributed by atoms with Crippen LogP contribution >= 0.6 is 0 Å². The molecular weight excluding hydrogens is 268 g/mol. The molecule has 0 aromatic heterocycles. The van der Waals surface area contributed by atoms with E-state index in [1.54, 1.807) is 13.8 Å². The van der Waals surface area contributed by atoms with Gasteiger partial charge >= 0.3 is 5.97 Å². The fourth-order valence-electron chi connectivity index (χ4n) is 2.56. The van der Waals surface area contributed by atoms with Crippen molar-refractivity contribution in [1.82, 2.24) is 0 Å². The van der Waals surface area contributed by atoms with Gasteiger partial charge in [0.1, 0.15) is 12.2 Å². The molecule has 5 atom stereocenters. The van der Waals surface area contributed by atoms with Gasteiger partial charge in [-0.1, -0.05) is 0 Å². The molecule has 2 N–H and O–H groups in total. The molecule has 1 aliphatic heterocycles. The first-order valence-electron chi connectivity index (χ1n) is 6.34. The topological polar surface area (TPSA) is 94.5 Å². The SMILES string of the molecule is CO[C@@]1(C)O[C@@H]2[C@H](O)C=C(C(=O)O)C[C@H]2O[C@]1(C)OC. The Morgan fingerprint density at radius 3 is 2.35 bits per heavy atom. The van der Waals surface area contributed by atoms with Crippen LogP contribution in [0.25, 0.3) is 0 Å². The van der Waals surface area contributed by atoms with Gasteiger partial charge in [0, 0.05) is 26.2 Å². The summed E-state index contributed by atoms with van der Waals surface area (Å²) in [5, 5.41) is 19.1. The molecule has 7 nitrogen and oxygen atoms in total. The van der Waals surface area contributed by atoms with E-state index in [9.17, 15) is 9.90 Å². The highest BCUT2D eigenvalue weighted by atomic mass is 16.8. The van der Waals surface area contributed by atoms with Crippen molar-refractivity contribution in [2.24, 2.45) is 0 Å². The van der Waals surface area contributed by atoms with Gasteiger partial charge in [-0.25, -0.2) is 4.79 Å². The second-order valence-corrected chi connectivity index (χ2v) is 5.23. The normalized spacial score (nSPS) is 44.6. The minimum Gasteiger partial charge on any atom is -0.478 e. The molecule has 0 saturated carbocycles. The Labute approximate surface area is 117 Å². The van der Waals surface area contributed by atoms with Crippen molar-refractivity contribution in [3.05, 3.63) is 11.6 Å². The first-order chi connectivity index (χ1) is 9.26. The maximum absolute atomic E-state index is 11.1. The van der Waals surface area contributed by atoms with E-state index < -0.39 is 35.9 Å². The summed E-state index contributed by atoms with van der Waals surface area (Å²) in [6.45, 7) is 3.30. The maximum atomic E-state index is 11.1. The van der Waals surface area contributed by atoms with Crippen LogP contribution in [0.4, 0.5) is 0 Å². The van der Waals surface area contributed by atoms with Crippen LogP contribution in [-0.4, -0.2) is 60.3 Å². The summed E-state index contributed by atoms with van der Waals surface area (Å²) in [7, 11) is 2.91. The van der Waals surface area contributed by atoms with Crippen molar-refractivity contribution < 1.29 is 34.0 Å². The number of hydrogen-bond acceptors (Lipinski definition) is 6. The Morgan fingerprint density at radius 2 is 1.85 bits per heavy atom. The van der Waals surface area contributed by atoms with Gasteiger partial charge < -0.3 is 29.2 Å². The molecule has 1 heterocycles. The van der Waals surface area contributed by atoms with Crippen molar-refractivity contribution >= 4 is 5.97 Å². The Balaban J connectivity index is 2.32. The van der Waals surface area contributed by atoms with Crippen molar-refractivity contribution in [3.8, 4) is 0 Å². The lowest BCUT2D eigenvalue weighted by molar-refractivity contribution is -0.453. The number of aliphatic hydroxyl groups excluding tert-OH is 1. The zero-order chi connectivity index (χ0) is 15.1. The summed E-state index contributed by atoms with van der Waals surface area (Å²) in [5.74, 6) is -3.49. The molecule has 1 saturated heterocycles. The highest BCUT2D eigenvalue weighted by Gasteiger charge is 2.58. The number of carboxylic acid groups (broad SMARTS) is 1. The molecule has 0 unspecified atom stereocenters. The third-order valence-electron chi connectivity index (χ3n) is 4.11. The second kappa shape index (κ2) is 5.09. The van der Waals surface area contributed by atoms with Gasteiger partial charge in [0.15, 0.2) is 0 Å². The minimum atomic E-state index is -1.21. The lowest BCUT2D eigenvalue weighted by Crippen LogP contribution is -2.67. The molecule has 0 aromatic rings. The third kappa shape index (κ3) is 2.25. The van der Waals surface area contributed by atoms with Gasteiger partial charge in [-0.05, 0) is 19.9 Å². The third-order valence-corrected chi connectivity index (χ3v) is 4.11. The van der Waals surface area contributed by atoms with Gasteiger partial charge in [0.05, 0.1) is 6.10 Å². The van der Waals surface area contributed by atoms with E-state index in [4.69, 9.17) is 24.1 Å². The lowest BCUT2D eigenvalue weighted by atomic mass is 9.89. The van der Waals surface area contributed by atoms with Gasteiger partial charge in [-0.15, -0.1) is 0 Å². The highest BCUT2D eigenvalue weighted by Crippen LogP contribution is 2.43. The first kappa shape index (κ1) is 15.4. The summed E-state index contributed by atoms with van der Waals surface area (Å²) in [6.07, 6.45) is -0.981. The van der Waals surface area contributed by atoms with Crippen molar-refractivity contribution in [2.75, 3.05) is 14.2 Å². The summed E-state index contributed by atoms with van der Waals surface area (Å²) >= 11 is 0.